The van der Waals surface area contributed by atoms with Crippen molar-refractivity contribution >= 4 is 17.0 Å². The fourth-order valence-corrected chi connectivity index (χ4v) is 2.80. The molecule has 0 amide bonds. The molecule has 0 aliphatic carbocycles. The topological polar surface area (TPSA) is 102 Å². The molecule has 0 spiro atoms. The number of nitrogens with zero attached hydrogens (tertiary/aromatic N) is 6. The predicted octanol–water partition coefficient (Wildman–Crippen LogP) is 1.20. The molecule has 3 aromatic heterocycles. The summed E-state index contributed by atoms with van der Waals surface area (Å²) < 4.78 is 10.9. The van der Waals surface area contributed by atoms with Crippen molar-refractivity contribution in [2.75, 3.05) is 25.1 Å². The number of aromatic amines is 1. The third-order valence-electron chi connectivity index (χ3n) is 4.06. The largest absolute Gasteiger partial charge is 0.494 e. The average Bonchev–Trinajstić information content (AvgIpc) is 3.12. The number of H-pyrrole nitrogens is 1. The summed E-state index contributed by atoms with van der Waals surface area (Å²) in [4.78, 5) is 26.3. The molecule has 0 radical (unpaired) electrons. The number of methoxy groups -OCH3 is 1. The molecule has 9 heteroatoms. The molecule has 0 atom stereocenters. The maximum atomic E-state index is 5.85. The van der Waals surface area contributed by atoms with Crippen LogP contribution in [0.5, 0.6) is 11.8 Å². The van der Waals surface area contributed by atoms with E-state index < -0.39 is 0 Å². The van der Waals surface area contributed by atoms with Crippen LogP contribution in [-0.2, 0) is 0 Å². The molecule has 1 aliphatic heterocycles. The molecule has 124 valence electrons. The fourth-order valence-electron chi connectivity index (χ4n) is 2.80. The van der Waals surface area contributed by atoms with E-state index in [4.69, 9.17) is 9.47 Å². The zero-order valence-corrected chi connectivity index (χ0v) is 13.2. The number of piperidine rings is 1. The van der Waals surface area contributed by atoms with Crippen molar-refractivity contribution in [3.05, 3.63) is 25.0 Å². The van der Waals surface area contributed by atoms with Gasteiger partial charge in [-0.2, -0.15) is 9.97 Å². The summed E-state index contributed by atoms with van der Waals surface area (Å²) in [5.41, 5.74) is 1.56. The van der Waals surface area contributed by atoms with E-state index in [2.05, 4.69) is 34.8 Å². The van der Waals surface area contributed by atoms with Gasteiger partial charge in [-0.25, -0.2) is 15.0 Å². The van der Waals surface area contributed by atoms with Crippen molar-refractivity contribution in [2.24, 2.45) is 0 Å². The highest BCUT2D eigenvalue weighted by atomic mass is 16.5. The number of hydrogen-bond donors (Lipinski definition) is 1. The molecule has 4 rings (SSSR count). The number of aromatic nitrogens is 6. The van der Waals surface area contributed by atoms with Crippen LogP contribution in [-0.4, -0.2) is 56.2 Å². The number of imidazole rings is 1. The Kier molecular flexibility index (Phi) is 3.81. The number of anilines is 1. The van der Waals surface area contributed by atoms with Gasteiger partial charge < -0.3 is 19.4 Å². The maximum absolute atomic E-state index is 5.85. The zero-order chi connectivity index (χ0) is 16.4. The Morgan fingerprint density at radius 1 is 1.08 bits per heavy atom. The summed E-state index contributed by atoms with van der Waals surface area (Å²) in [7, 11) is 1.58. The first kappa shape index (κ1) is 14.6. The lowest BCUT2D eigenvalue weighted by molar-refractivity contribution is 0.156. The normalized spacial score (nSPS) is 15.6. The summed E-state index contributed by atoms with van der Waals surface area (Å²) >= 11 is 0. The van der Waals surface area contributed by atoms with Crippen LogP contribution in [0.2, 0.25) is 0 Å². The molecule has 0 bridgehead atoms. The first-order chi connectivity index (χ1) is 11.8. The summed E-state index contributed by atoms with van der Waals surface area (Å²) in [5, 5.41) is 0. The SMILES string of the molecule is COc1cnc(OC2CCN(c3ncnc4nc[nH]c34)CC2)nc1. The number of rotatable bonds is 4. The van der Waals surface area contributed by atoms with E-state index in [1.807, 2.05) is 0 Å². The van der Waals surface area contributed by atoms with Gasteiger partial charge in [-0.15, -0.1) is 0 Å². The summed E-state index contributed by atoms with van der Waals surface area (Å²) in [6.45, 7) is 1.68. The molecule has 0 saturated carbocycles. The third kappa shape index (κ3) is 2.80. The molecule has 1 aliphatic rings. The second-order valence-corrected chi connectivity index (χ2v) is 5.51. The van der Waals surface area contributed by atoms with Crippen LogP contribution >= 0.6 is 0 Å². The minimum atomic E-state index is 0.0914. The minimum Gasteiger partial charge on any atom is -0.494 e. The van der Waals surface area contributed by atoms with E-state index >= 15 is 0 Å². The van der Waals surface area contributed by atoms with E-state index in [0.29, 0.717) is 17.4 Å². The minimum absolute atomic E-state index is 0.0914. The Balaban J connectivity index is 1.40. The van der Waals surface area contributed by atoms with Crippen LogP contribution in [0.4, 0.5) is 5.82 Å². The Morgan fingerprint density at radius 3 is 2.62 bits per heavy atom. The Morgan fingerprint density at radius 2 is 1.88 bits per heavy atom. The van der Waals surface area contributed by atoms with E-state index in [-0.39, 0.29) is 6.10 Å². The molecule has 3 aromatic rings. The van der Waals surface area contributed by atoms with Crippen molar-refractivity contribution in [3.8, 4) is 11.8 Å². The number of hydrogen-bond acceptors (Lipinski definition) is 8. The molecular weight excluding hydrogens is 310 g/mol. The molecule has 0 unspecified atom stereocenters. The molecule has 1 N–H and O–H groups in total. The summed E-state index contributed by atoms with van der Waals surface area (Å²) in [5.74, 6) is 1.50. The summed E-state index contributed by atoms with van der Waals surface area (Å²) in [6.07, 6.45) is 8.23. The Bertz CT molecular complexity index is 812. The zero-order valence-electron chi connectivity index (χ0n) is 13.2. The second-order valence-electron chi connectivity index (χ2n) is 5.51. The van der Waals surface area contributed by atoms with Crippen molar-refractivity contribution in [3.63, 3.8) is 0 Å². The van der Waals surface area contributed by atoms with Crippen LogP contribution in [0.15, 0.2) is 25.0 Å². The van der Waals surface area contributed by atoms with Gasteiger partial charge in [0.25, 0.3) is 0 Å². The lowest BCUT2D eigenvalue weighted by Gasteiger charge is -2.32. The fraction of sp³-hybridized carbons (Fsp3) is 0.400. The van der Waals surface area contributed by atoms with Gasteiger partial charge in [0.1, 0.15) is 17.9 Å². The van der Waals surface area contributed by atoms with Gasteiger partial charge in [0.05, 0.1) is 25.8 Å². The first-order valence-corrected chi connectivity index (χ1v) is 7.75. The van der Waals surface area contributed by atoms with Crippen LogP contribution in [0.1, 0.15) is 12.8 Å². The lowest BCUT2D eigenvalue weighted by atomic mass is 10.1. The van der Waals surface area contributed by atoms with Crippen LogP contribution in [0.3, 0.4) is 0 Å². The molecule has 0 aromatic carbocycles. The predicted molar refractivity (Wildman–Crippen MR) is 86.1 cm³/mol. The van der Waals surface area contributed by atoms with Gasteiger partial charge in [0.15, 0.2) is 17.2 Å². The molecule has 1 fully saturated rings. The maximum Gasteiger partial charge on any atom is 0.316 e. The van der Waals surface area contributed by atoms with Crippen LogP contribution in [0, 0.1) is 0 Å². The van der Waals surface area contributed by atoms with Crippen LogP contribution < -0.4 is 14.4 Å². The molecule has 24 heavy (non-hydrogen) atoms. The summed E-state index contributed by atoms with van der Waals surface area (Å²) in [6, 6.07) is 0.382. The van der Waals surface area contributed by atoms with Gasteiger partial charge >= 0.3 is 6.01 Å². The molecule has 1 saturated heterocycles. The van der Waals surface area contributed by atoms with Crippen molar-refractivity contribution in [1.29, 1.82) is 0 Å². The molecule has 9 nitrogen and oxygen atoms in total. The van der Waals surface area contributed by atoms with E-state index in [9.17, 15) is 0 Å². The van der Waals surface area contributed by atoms with Gasteiger partial charge in [-0.05, 0) is 0 Å². The van der Waals surface area contributed by atoms with Gasteiger partial charge in [-0.3, -0.25) is 0 Å². The highest BCUT2D eigenvalue weighted by Gasteiger charge is 2.24. The van der Waals surface area contributed by atoms with E-state index in [1.54, 1.807) is 32.2 Å². The van der Waals surface area contributed by atoms with Crippen molar-refractivity contribution in [1.82, 2.24) is 29.9 Å². The quantitative estimate of drug-likeness (QED) is 0.762. The second kappa shape index (κ2) is 6.26. The highest BCUT2D eigenvalue weighted by molar-refractivity contribution is 5.82. The molecular formula is C15H17N7O2. The standard InChI is InChI=1S/C15H17N7O2/c1-23-11-6-16-15(17-7-11)24-10-2-4-22(5-3-10)14-12-13(19-8-18-12)20-9-21-14/h6-10H,2-5H2,1H3,(H,18,19,20,21). The van der Waals surface area contributed by atoms with Crippen molar-refractivity contribution in [2.45, 2.75) is 18.9 Å². The number of nitrogens with one attached hydrogen (secondary N) is 1. The van der Waals surface area contributed by atoms with Gasteiger partial charge in [0, 0.05) is 25.9 Å². The lowest BCUT2D eigenvalue weighted by Crippen LogP contribution is -2.39. The smallest absolute Gasteiger partial charge is 0.316 e. The van der Waals surface area contributed by atoms with Crippen molar-refractivity contribution < 1.29 is 9.47 Å². The number of ether oxygens (including phenoxy) is 2. The van der Waals surface area contributed by atoms with Gasteiger partial charge in [-0.1, -0.05) is 0 Å². The van der Waals surface area contributed by atoms with Crippen LogP contribution in [0.25, 0.3) is 11.2 Å². The number of fused-ring (bicyclic) bond motifs is 1. The van der Waals surface area contributed by atoms with E-state index in [0.717, 1.165) is 37.3 Å². The molecule has 4 heterocycles. The first-order valence-electron chi connectivity index (χ1n) is 7.75. The van der Waals surface area contributed by atoms with Gasteiger partial charge in [0.2, 0.25) is 0 Å². The highest BCUT2D eigenvalue weighted by Crippen LogP contribution is 2.24. The average molecular weight is 327 g/mol. The third-order valence-corrected chi connectivity index (χ3v) is 4.06. The van der Waals surface area contributed by atoms with E-state index in [1.165, 1.54) is 0 Å². The Hall–Kier alpha value is -2.97. The monoisotopic (exact) mass is 327 g/mol. The Labute approximate surface area is 138 Å².